The summed E-state index contributed by atoms with van der Waals surface area (Å²) < 4.78 is 89.4. The Morgan fingerprint density at radius 3 is 1.82 bits per heavy atom. The number of rotatable bonds is 7. The molecule has 0 heterocycles. The van der Waals surface area contributed by atoms with Gasteiger partial charge in [0, 0.05) is 6.08 Å². The van der Waals surface area contributed by atoms with Crippen LogP contribution in [0.2, 0.25) is 0 Å². The minimum Gasteiger partial charge on any atom is -0.490 e. The van der Waals surface area contributed by atoms with Crippen LogP contribution in [0.3, 0.4) is 0 Å². The molecule has 0 spiro atoms. The molecule has 0 aliphatic carbocycles. The molecule has 0 unspecified atom stereocenters. The lowest BCUT2D eigenvalue weighted by Crippen LogP contribution is -2.11. The summed E-state index contributed by atoms with van der Waals surface area (Å²) in [6, 6.07) is 14.4. The van der Waals surface area contributed by atoms with Crippen molar-refractivity contribution in [1.82, 2.24) is 0 Å². The van der Waals surface area contributed by atoms with Gasteiger partial charge in [-0.2, -0.15) is 26.3 Å². The second kappa shape index (κ2) is 10.0. The van der Waals surface area contributed by atoms with Crippen molar-refractivity contribution in [3.63, 3.8) is 0 Å². The third kappa shape index (κ3) is 6.40. The van der Waals surface area contributed by atoms with Crippen molar-refractivity contribution in [2.45, 2.75) is 12.4 Å². The summed E-state index contributed by atoms with van der Waals surface area (Å²) in [6.45, 7) is 3.43. The molecule has 0 amide bonds. The lowest BCUT2D eigenvalue weighted by molar-refractivity contribution is -0.143. The van der Waals surface area contributed by atoms with Crippen LogP contribution in [0.5, 0.6) is 5.75 Å². The van der Waals surface area contributed by atoms with Crippen LogP contribution in [0.25, 0.3) is 22.3 Å². The maximum absolute atomic E-state index is 13.2. The van der Waals surface area contributed by atoms with E-state index in [0.717, 1.165) is 6.08 Å². The van der Waals surface area contributed by atoms with E-state index in [0.29, 0.717) is 29.0 Å². The Kier molecular flexibility index (Phi) is 7.34. The molecule has 0 saturated carbocycles. The fourth-order valence-electron chi connectivity index (χ4n) is 3.10. The van der Waals surface area contributed by atoms with Gasteiger partial charge in [-0.15, -0.1) is 0 Å². The van der Waals surface area contributed by atoms with Crippen molar-refractivity contribution in [1.29, 1.82) is 0 Å². The molecule has 0 aliphatic rings. The van der Waals surface area contributed by atoms with Gasteiger partial charge in [-0.25, -0.2) is 4.79 Å². The predicted octanol–water partition coefficient (Wildman–Crippen LogP) is 7.17. The number of alkyl halides is 6. The summed E-state index contributed by atoms with van der Waals surface area (Å²) in [5.74, 6) is -0.0794. The van der Waals surface area contributed by atoms with Crippen LogP contribution in [0.4, 0.5) is 26.3 Å². The minimum atomic E-state index is -4.92. The highest BCUT2D eigenvalue weighted by Gasteiger charge is 2.37. The molecule has 0 fully saturated rings. The summed E-state index contributed by atoms with van der Waals surface area (Å²) in [5.41, 5.74) is -1.47. The zero-order valence-corrected chi connectivity index (χ0v) is 17.5. The number of benzene rings is 3. The topological polar surface area (TPSA) is 35.5 Å². The van der Waals surface area contributed by atoms with Crippen LogP contribution in [0, 0.1) is 0 Å². The molecule has 3 nitrogen and oxygen atoms in total. The first kappa shape index (κ1) is 24.9. The monoisotopic (exact) mass is 480 g/mol. The molecule has 0 bridgehead atoms. The standard InChI is InChI=1S/C25H18F6O3/c1-2-23(32)34-11-10-33-22-8-6-16(7-9-22)17-4-3-5-18(12-17)19-13-20(24(26,27)28)15-21(14-19)25(29,30)31/h2-9,12-15H,1,10-11H2. The number of carbonyl (C=O) groups is 1. The third-order valence-electron chi connectivity index (χ3n) is 4.73. The van der Waals surface area contributed by atoms with Gasteiger partial charge in [0.15, 0.2) is 0 Å². The number of hydrogen-bond acceptors (Lipinski definition) is 3. The summed E-state index contributed by atoms with van der Waals surface area (Å²) in [5, 5.41) is 0. The van der Waals surface area contributed by atoms with E-state index in [1.165, 1.54) is 12.1 Å². The summed E-state index contributed by atoms with van der Waals surface area (Å²) in [6.07, 6.45) is -8.81. The van der Waals surface area contributed by atoms with Gasteiger partial charge >= 0.3 is 18.3 Å². The van der Waals surface area contributed by atoms with Crippen molar-refractivity contribution in [2.24, 2.45) is 0 Å². The maximum Gasteiger partial charge on any atom is 0.416 e. The van der Waals surface area contributed by atoms with E-state index >= 15 is 0 Å². The summed E-state index contributed by atoms with van der Waals surface area (Å²) in [4.78, 5) is 11.0. The Bertz CT molecular complexity index is 1130. The molecule has 0 radical (unpaired) electrons. The number of ether oxygens (including phenoxy) is 2. The fourth-order valence-corrected chi connectivity index (χ4v) is 3.10. The fraction of sp³-hybridized carbons (Fsp3) is 0.160. The Balaban J connectivity index is 1.84. The molecule has 34 heavy (non-hydrogen) atoms. The summed E-state index contributed by atoms with van der Waals surface area (Å²) >= 11 is 0. The van der Waals surface area contributed by atoms with Gasteiger partial charge in [0.2, 0.25) is 0 Å². The smallest absolute Gasteiger partial charge is 0.416 e. The van der Waals surface area contributed by atoms with Crippen LogP contribution in [-0.4, -0.2) is 19.2 Å². The summed E-state index contributed by atoms with van der Waals surface area (Å²) in [7, 11) is 0. The molecular weight excluding hydrogens is 462 g/mol. The first-order chi connectivity index (χ1) is 16.0. The average Bonchev–Trinajstić information content (AvgIpc) is 2.80. The van der Waals surface area contributed by atoms with E-state index in [2.05, 4.69) is 6.58 Å². The molecule has 0 atom stereocenters. The largest absolute Gasteiger partial charge is 0.490 e. The SMILES string of the molecule is C=CC(=O)OCCOc1ccc(-c2cccc(-c3cc(C(F)(F)F)cc(C(F)(F)F)c3)c2)cc1. The number of carbonyl (C=O) groups excluding carboxylic acids is 1. The van der Waals surface area contributed by atoms with Gasteiger partial charge in [0.1, 0.15) is 19.0 Å². The quantitative estimate of drug-likeness (QED) is 0.156. The Morgan fingerprint density at radius 2 is 1.29 bits per heavy atom. The highest BCUT2D eigenvalue weighted by atomic mass is 19.4. The van der Waals surface area contributed by atoms with Gasteiger partial charge < -0.3 is 9.47 Å². The van der Waals surface area contributed by atoms with Crippen molar-refractivity contribution in [3.8, 4) is 28.0 Å². The molecule has 0 saturated heterocycles. The first-order valence-corrected chi connectivity index (χ1v) is 9.90. The third-order valence-corrected chi connectivity index (χ3v) is 4.73. The van der Waals surface area contributed by atoms with Crippen molar-refractivity contribution >= 4 is 5.97 Å². The lowest BCUT2D eigenvalue weighted by Gasteiger charge is -2.15. The van der Waals surface area contributed by atoms with E-state index in [4.69, 9.17) is 9.47 Å². The van der Waals surface area contributed by atoms with Crippen LogP contribution < -0.4 is 4.74 Å². The van der Waals surface area contributed by atoms with Crippen molar-refractivity contribution < 1.29 is 40.6 Å². The normalized spacial score (nSPS) is 11.7. The van der Waals surface area contributed by atoms with E-state index in [-0.39, 0.29) is 30.4 Å². The second-order valence-electron chi connectivity index (χ2n) is 7.12. The Morgan fingerprint density at radius 1 is 0.735 bits per heavy atom. The molecule has 3 rings (SSSR count). The molecule has 178 valence electrons. The number of halogens is 6. The molecule has 3 aromatic carbocycles. The molecule has 0 aliphatic heterocycles. The molecule has 9 heteroatoms. The van der Waals surface area contributed by atoms with E-state index in [1.807, 2.05) is 0 Å². The Labute approximate surface area is 191 Å². The highest BCUT2D eigenvalue weighted by Crippen LogP contribution is 2.39. The van der Waals surface area contributed by atoms with Gasteiger partial charge in [-0.05, 0) is 58.7 Å². The average molecular weight is 480 g/mol. The van der Waals surface area contributed by atoms with Gasteiger partial charge in [-0.1, -0.05) is 36.9 Å². The van der Waals surface area contributed by atoms with E-state index in [1.54, 1.807) is 36.4 Å². The number of hydrogen-bond donors (Lipinski definition) is 0. The Hall–Kier alpha value is -3.75. The zero-order valence-electron chi connectivity index (χ0n) is 17.5. The van der Waals surface area contributed by atoms with E-state index in [9.17, 15) is 31.1 Å². The van der Waals surface area contributed by atoms with Gasteiger partial charge in [-0.3, -0.25) is 0 Å². The van der Waals surface area contributed by atoms with Crippen LogP contribution in [0.15, 0.2) is 79.4 Å². The van der Waals surface area contributed by atoms with Crippen molar-refractivity contribution in [2.75, 3.05) is 13.2 Å². The minimum absolute atomic E-state index is 0.0333. The van der Waals surface area contributed by atoms with Crippen LogP contribution in [0.1, 0.15) is 11.1 Å². The first-order valence-electron chi connectivity index (χ1n) is 9.90. The van der Waals surface area contributed by atoms with Crippen molar-refractivity contribution in [3.05, 3.63) is 90.5 Å². The van der Waals surface area contributed by atoms with Gasteiger partial charge in [0.05, 0.1) is 11.1 Å². The second-order valence-corrected chi connectivity index (χ2v) is 7.12. The van der Waals surface area contributed by atoms with Crippen LogP contribution >= 0.6 is 0 Å². The lowest BCUT2D eigenvalue weighted by atomic mass is 9.96. The molecule has 3 aromatic rings. The van der Waals surface area contributed by atoms with Gasteiger partial charge in [0.25, 0.3) is 0 Å². The molecular formula is C25H18F6O3. The maximum atomic E-state index is 13.2. The molecule has 0 N–H and O–H groups in total. The molecule has 0 aromatic heterocycles. The zero-order chi connectivity index (χ0) is 24.9. The highest BCUT2D eigenvalue weighted by molar-refractivity contribution is 5.81. The number of esters is 1. The predicted molar refractivity (Wildman–Crippen MR) is 114 cm³/mol. The van der Waals surface area contributed by atoms with Crippen LogP contribution in [-0.2, 0) is 21.9 Å². The van der Waals surface area contributed by atoms with E-state index < -0.39 is 29.4 Å².